The third-order valence-corrected chi connectivity index (χ3v) is 11.3. The first kappa shape index (κ1) is 29.1. The Morgan fingerprint density at radius 3 is 1.65 bits per heavy atom. The minimum absolute atomic E-state index is 0.479. The molecule has 0 saturated heterocycles. The number of benzene rings is 9. The molecule has 1 heterocycles. The van der Waals surface area contributed by atoms with Crippen molar-refractivity contribution in [1.82, 2.24) is 0 Å². The van der Waals surface area contributed by atoms with Crippen LogP contribution in [0.2, 0.25) is 0 Å². The summed E-state index contributed by atoms with van der Waals surface area (Å²) in [6.07, 6.45) is 0. The summed E-state index contributed by atoms with van der Waals surface area (Å²) >= 11 is 0. The SMILES string of the molecule is c1ccc(-c2cc3ccccc3c3cccc(-c4ccc(-c5ccc6c(c5)C5(c7ccccc7O6)c6ccccc6-c6ccccc65)cc4)c23)cc1. The summed E-state index contributed by atoms with van der Waals surface area (Å²) in [5, 5.41) is 5.09. The molecule has 0 radical (unpaired) electrons. The van der Waals surface area contributed by atoms with E-state index >= 15 is 0 Å². The molecule has 0 saturated carbocycles. The lowest BCUT2D eigenvalue weighted by molar-refractivity contribution is 0.436. The van der Waals surface area contributed by atoms with Gasteiger partial charge in [-0.1, -0.05) is 170 Å². The Morgan fingerprint density at radius 1 is 0.308 bits per heavy atom. The van der Waals surface area contributed by atoms with Gasteiger partial charge in [-0.15, -0.1) is 0 Å². The first-order chi connectivity index (χ1) is 25.8. The van der Waals surface area contributed by atoms with Gasteiger partial charge in [0, 0.05) is 11.1 Å². The third-order valence-electron chi connectivity index (χ3n) is 11.3. The molecule has 0 amide bonds. The van der Waals surface area contributed by atoms with Crippen LogP contribution in [0.5, 0.6) is 11.5 Å². The van der Waals surface area contributed by atoms with Crippen LogP contribution in [0.4, 0.5) is 0 Å². The van der Waals surface area contributed by atoms with Gasteiger partial charge < -0.3 is 4.74 Å². The van der Waals surface area contributed by atoms with Crippen LogP contribution in [0.25, 0.3) is 66.1 Å². The summed E-state index contributed by atoms with van der Waals surface area (Å²) in [5.41, 5.74) is 14.3. The number of ether oxygens (including phenoxy) is 1. The molecular formula is C51H32O. The highest BCUT2D eigenvalue weighted by Gasteiger charge is 2.50. The second-order valence-corrected chi connectivity index (χ2v) is 14.0. The van der Waals surface area contributed by atoms with Gasteiger partial charge in [0.25, 0.3) is 0 Å². The second-order valence-electron chi connectivity index (χ2n) is 14.0. The van der Waals surface area contributed by atoms with Crippen molar-refractivity contribution in [2.24, 2.45) is 0 Å². The predicted molar refractivity (Wildman–Crippen MR) is 215 cm³/mol. The highest BCUT2D eigenvalue weighted by atomic mass is 16.5. The van der Waals surface area contributed by atoms with Crippen molar-refractivity contribution in [2.75, 3.05) is 0 Å². The van der Waals surface area contributed by atoms with Crippen molar-refractivity contribution in [2.45, 2.75) is 5.41 Å². The molecule has 9 aromatic rings. The molecule has 1 spiro atoms. The topological polar surface area (TPSA) is 9.23 Å². The standard InChI is InChI=1S/C51H32O/c1-2-13-34(14-3-1)43-31-37-15-4-5-16-38(37)42-20-12-19-39(50(42)43)35-27-25-33(26-28-35)36-29-30-49-47(32-36)51(46-23-10-11-24-48(46)52-49)44-21-8-6-17-40(44)41-18-7-9-22-45(41)51/h1-32H. The van der Waals surface area contributed by atoms with Gasteiger partial charge in [0.05, 0.1) is 5.41 Å². The lowest BCUT2D eigenvalue weighted by atomic mass is 9.66. The maximum atomic E-state index is 6.68. The van der Waals surface area contributed by atoms with E-state index in [-0.39, 0.29) is 0 Å². The number of hydrogen-bond donors (Lipinski definition) is 0. The lowest BCUT2D eigenvalue weighted by Crippen LogP contribution is -2.32. The molecule has 11 rings (SSSR count). The molecular weight excluding hydrogens is 629 g/mol. The van der Waals surface area contributed by atoms with E-state index in [1.807, 2.05) is 0 Å². The number of para-hydroxylation sites is 1. The van der Waals surface area contributed by atoms with Gasteiger partial charge in [-0.3, -0.25) is 0 Å². The zero-order chi connectivity index (χ0) is 34.2. The fourth-order valence-corrected chi connectivity index (χ4v) is 9.13. The average Bonchev–Trinajstić information content (AvgIpc) is 3.51. The van der Waals surface area contributed by atoms with Gasteiger partial charge in [-0.25, -0.2) is 0 Å². The maximum Gasteiger partial charge on any atom is 0.132 e. The summed E-state index contributed by atoms with van der Waals surface area (Å²) in [5.74, 6) is 1.82. The molecule has 0 unspecified atom stereocenters. The van der Waals surface area contributed by atoms with Gasteiger partial charge >= 0.3 is 0 Å². The van der Waals surface area contributed by atoms with Crippen molar-refractivity contribution >= 4 is 21.5 Å². The molecule has 1 aliphatic carbocycles. The van der Waals surface area contributed by atoms with Gasteiger partial charge in [0.15, 0.2) is 0 Å². The Labute approximate surface area is 303 Å². The molecule has 242 valence electrons. The second kappa shape index (κ2) is 11.2. The van der Waals surface area contributed by atoms with E-state index in [1.54, 1.807) is 0 Å². The molecule has 0 aromatic heterocycles. The normalized spacial score (nSPS) is 13.3. The van der Waals surface area contributed by atoms with E-state index in [0.29, 0.717) is 0 Å². The quantitative estimate of drug-likeness (QED) is 0.171. The van der Waals surface area contributed by atoms with Gasteiger partial charge in [-0.05, 0) is 101 Å². The van der Waals surface area contributed by atoms with Crippen LogP contribution in [0.1, 0.15) is 22.3 Å². The molecule has 1 heteroatoms. The summed E-state index contributed by atoms with van der Waals surface area (Å²) in [4.78, 5) is 0. The van der Waals surface area contributed by atoms with Crippen LogP contribution in [-0.2, 0) is 5.41 Å². The van der Waals surface area contributed by atoms with Crippen LogP contribution in [0.15, 0.2) is 194 Å². The van der Waals surface area contributed by atoms with Crippen LogP contribution >= 0.6 is 0 Å². The zero-order valence-corrected chi connectivity index (χ0v) is 28.4. The average molecular weight is 661 g/mol. The molecule has 9 aromatic carbocycles. The number of fused-ring (bicyclic) bond motifs is 12. The van der Waals surface area contributed by atoms with E-state index in [0.717, 1.165) is 11.5 Å². The van der Waals surface area contributed by atoms with E-state index in [1.165, 1.54) is 88.3 Å². The molecule has 52 heavy (non-hydrogen) atoms. The summed E-state index contributed by atoms with van der Waals surface area (Å²) in [6.45, 7) is 0. The first-order valence-electron chi connectivity index (χ1n) is 18.0. The first-order valence-corrected chi connectivity index (χ1v) is 18.0. The minimum atomic E-state index is -0.479. The van der Waals surface area contributed by atoms with Crippen LogP contribution in [0, 0.1) is 0 Å². The largest absolute Gasteiger partial charge is 0.457 e. The van der Waals surface area contributed by atoms with Gasteiger partial charge in [0.1, 0.15) is 11.5 Å². The molecule has 1 aliphatic heterocycles. The fourth-order valence-electron chi connectivity index (χ4n) is 9.13. The summed E-state index contributed by atoms with van der Waals surface area (Å²) < 4.78 is 6.68. The smallest absolute Gasteiger partial charge is 0.132 e. The Kier molecular flexibility index (Phi) is 6.23. The van der Waals surface area contributed by atoms with E-state index in [9.17, 15) is 0 Å². The number of rotatable bonds is 3. The van der Waals surface area contributed by atoms with E-state index < -0.39 is 5.41 Å². The highest BCUT2D eigenvalue weighted by molar-refractivity contribution is 6.18. The van der Waals surface area contributed by atoms with E-state index in [4.69, 9.17) is 4.74 Å². The lowest BCUT2D eigenvalue weighted by Gasteiger charge is -2.39. The predicted octanol–water partition coefficient (Wildman–Crippen LogP) is 13.5. The van der Waals surface area contributed by atoms with Gasteiger partial charge in [0.2, 0.25) is 0 Å². The number of hydrogen-bond acceptors (Lipinski definition) is 1. The van der Waals surface area contributed by atoms with Crippen molar-refractivity contribution in [3.8, 4) is 56.0 Å². The van der Waals surface area contributed by atoms with Crippen LogP contribution < -0.4 is 4.74 Å². The Bertz CT molecular complexity index is 2820. The van der Waals surface area contributed by atoms with Crippen LogP contribution in [0.3, 0.4) is 0 Å². The Balaban J connectivity index is 1.08. The molecule has 0 bridgehead atoms. The van der Waals surface area contributed by atoms with Crippen molar-refractivity contribution in [3.63, 3.8) is 0 Å². The zero-order valence-electron chi connectivity index (χ0n) is 28.4. The Morgan fingerprint density at radius 2 is 0.865 bits per heavy atom. The third kappa shape index (κ3) is 4.05. The Hall–Kier alpha value is -6.70. The van der Waals surface area contributed by atoms with E-state index in [2.05, 4.69) is 194 Å². The summed E-state index contributed by atoms with van der Waals surface area (Å²) in [6, 6.07) is 70.8. The van der Waals surface area contributed by atoms with Crippen molar-refractivity contribution < 1.29 is 4.74 Å². The maximum absolute atomic E-state index is 6.68. The molecule has 0 N–H and O–H groups in total. The monoisotopic (exact) mass is 660 g/mol. The van der Waals surface area contributed by atoms with Crippen LogP contribution in [-0.4, -0.2) is 0 Å². The van der Waals surface area contributed by atoms with Crippen molar-refractivity contribution in [3.05, 3.63) is 216 Å². The van der Waals surface area contributed by atoms with Gasteiger partial charge in [-0.2, -0.15) is 0 Å². The minimum Gasteiger partial charge on any atom is -0.457 e. The molecule has 0 atom stereocenters. The molecule has 0 fully saturated rings. The summed E-state index contributed by atoms with van der Waals surface area (Å²) in [7, 11) is 0. The fraction of sp³-hybridized carbons (Fsp3) is 0.0196. The van der Waals surface area contributed by atoms with Crippen molar-refractivity contribution in [1.29, 1.82) is 0 Å². The molecule has 2 aliphatic rings. The molecule has 1 nitrogen and oxygen atoms in total. The highest BCUT2D eigenvalue weighted by Crippen LogP contribution is 2.62.